The van der Waals surface area contributed by atoms with E-state index < -0.39 is 23.3 Å². The van der Waals surface area contributed by atoms with Gasteiger partial charge in [0.25, 0.3) is 0 Å². The Morgan fingerprint density at radius 1 is 1.10 bits per heavy atom. The summed E-state index contributed by atoms with van der Waals surface area (Å²) in [6.45, 7) is 1.08. The molecule has 5 amide bonds. The third-order valence-electron chi connectivity index (χ3n) is 4.51. The van der Waals surface area contributed by atoms with E-state index in [0.717, 1.165) is 24.2 Å². The van der Waals surface area contributed by atoms with Crippen molar-refractivity contribution in [2.24, 2.45) is 5.41 Å². The molecule has 3 aliphatic rings. The highest BCUT2D eigenvalue weighted by Gasteiger charge is 2.57. The van der Waals surface area contributed by atoms with Crippen LogP contribution in [0.1, 0.15) is 32.1 Å². The van der Waals surface area contributed by atoms with Crippen molar-refractivity contribution >= 4 is 23.8 Å². The molecule has 20 heavy (non-hydrogen) atoms. The highest BCUT2D eigenvalue weighted by Crippen LogP contribution is 2.44. The summed E-state index contributed by atoms with van der Waals surface area (Å²) in [5.41, 5.74) is -1.10. The largest absolute Gasteiger partial charge is 0.341 e. The molecule has 1 aliphatic carbocycles. The Hall–Kier alpha value is -1.92. The molecule has 1 saturated carbocycles. The zero-order chi connectivity index (χ0) is 14.3. The second kappa shape index (κ2) is 4.57. The third kappa shape index (κ3) is 1.80. The standard InChI is InChI=1S/C13H17N3O4/c17-9(15-6-1-2-7-15)8-16-11(19)13(4-3-5-13)10(18)14-12(16)20/h1-8H2,(H,14,18,20). The number of hydrogen-bond acceptors (Lipinski definition) is 4. The zero-order valence-electron chi connectivity index (χ0n) is 11.2. The fraction of sp³-hybridized carbons (Fsp3) is 0.692. The lowest BCUT2D eigenvalue weighted by Crippen LogP contribution is -2.67. The van der Waals surface area contributed by atoms with Gasteiger partial charge in [-0.25, -0.2) is 4.79 Å². The molecule has 2 aliphatic heterocycles. The van der Waals surface area contributed by atoms with Crippen LogP contribution in [0.4, 0.5) is 4.79 Å². The summed E-state index contributed by atoms with van der Waals surface area (Å²) in [4.78, 5) is 50.6. The van der Waals surface area contributed by atoms with Crippen LogP contribution in [-0.4, -0.2) is 53.2 Å². The van der Waals surface area contributed by atoms with E-state index in [-0.39, 0.29) is 12.5 Å². The number of barbiturate groups is 1. The van der Waals surface area contributed by atoms with Crippen LogP contribution < -0.4 is 5.32 Å². The summed E-state index contributed by atoms with van der Waals surface area (Å²) in [5, 5.41) is 2.20. The van der Waals surface area contributed by atoms with Gasteiger partial charge in [0.05, 0.1) is 0 Å². The predicted octanol–water partition coefficient (Wildman–Crippen LogP) is -0.143. The van der Waals surface area contributed by atoms with Crippen LogP contribution in [0.15, 0.2) is 0 Å². The van der Waals surface area contributed by atoms with Crippen LogP contribution in [0.25, 0.3) is 0 Å². The quantitative estimate of drug-likeness (QED) is 0.713. The zero-order valence-corrected chi connectivity index (χ0v) is 11.2. The number of nitrogens with zero attached hydrogens (tertiary/aromatic N) is 2. The van der Waals surface area contributed by atoms with E-state index in [1.165, 1.54) is 0 Å². The van der Waals surface area contributed by atoms with Crippen molar-refractivity contribution < 1.29 is 19.2 Å². The molecule has 1 N–H and O–H groups in total. The Kier molecular flexibility index (Phi) is 2.99. The van der Waals surface area contributed by atoms with Gasteiger partial charge in [-0.15, -0.1) is 0 Å². The lowest BCUT2D eigenvalue weighted by molar-refractivity contribution is -0.159. The molecule has 3 fully saturated rings. The number of nitrogens with one attached hydrogen (secondary N) is 1. The van der Waals surface area contributed by atoms with Crippen molar-refractivity contribution in [1.82, 2.24) is 15.1 Å². The number of carbonyl (C=O) groups excluding carboxylic acids is 4. The van der Waals surface area contributed by atoms with E-state index in [0.29, 0.717) is 25.9 Å². The molecule has 0 radical (unpaired) electrons. The van der Waals surface area contributed by atoms with E-state index in [2.05, 4.69) is 5.32 Å². The second-order valence-electron chi connectivity index (χ2n) is 5.67. The monoisotopic (exact) mass is 279 g/mol. The highest BCUT2D eigenvalue weighted by atomic mass is 16.2. The van der Waals surface area contributed by atoms with Gasteiger partial charge in [0.2, 0.25) is 17.7 Å². The van der Waals surface area contributed by atoms with Crippen LogP contribution >= 0.6 is 0 Å². The molecule has 0 unspecified atom stereocenters. The molecule has 7 nitrogen and oxygen atoms in total. The van der Waals surface area contributed by atoms with Crippen molar-refractivity contribution in [3.63, 3.8) is 0 Å². The summed E-state index contributed by atoms with van der Waals surface area (Å²) in [7, 11) is 0. The van der Waals surface area contributed by atoms with Gasteiger partial charge in [0.15, 0.2) is 0 Å². The van der Waals surface area contributed by atoms with Crippen molar-refractivity contribution in [2.75, 3.05) is 19.6 Å². The normalized spacial score (nSPS) is 24.9. The minimum absolute atomic E-state index is 0.227. The summed E-state index contributed by atoms with van der Waals surface area (Å²) in [6, 6.07) is -0.773. The minimum atomic E-state index is -1.10. The first-order chi connectivity index (χ1) is 9.54. The topological polar surface area (TPSA) is 86.8 Å². The average Bonchev–Trinajstić information content (AvgIpc) is 2.86. The Morgan fingerprint density at radius 2 is 1.75 bits per heavy atom. The Bertz CT molecular complexity index is 492. The molecule has 108 valence electrons. The maximum Gasteiger partial charge on any atom is 0.331 e. The molecule has 3 rings (SSSR count). The number of hydrogen-bond donors (Lipinski definition) is 1. The summed E-state index contributed by atoms with van der Waals surface area (Å²) in [5.74, 6) is -1.25. The van der Waals surface area contributed by atoms with Crippen molar-refractivity contribution in [2.45, 2.75) is 32.1 Å². The lowest BCUT2D eigenvalue weighted by Gasteiger charge is -2.44. The van der Waals surface area contributed by atoms with Gasteiger partial charge in [-0.05, 0) is 25.7 Å². The highest BCUT2D eigenvalue weighted by molar-refractivity contribution is 6.20. The van der Waals surface area contributed by atoms with E-state index in [1.807, 2.05) is 0 Å². The number of carbonyl (C=O) groups is 4. The Balaban J connectivity index is 1.74. The SMILES string of the molecule is O=C(CN1C(=O)NC(=O)C2(CCC2)C1=O)N1CCCC1. The molecule has 2 heterocycles. The van der Waals surface area contributed by atoms with Gasteiger partial charge in [-0.2, -0.15) is 0 Å². The van der Waals surface area contributed by atoms with E-state index in [4.69, 9.17) is 0 Å². The van der Waals surface area contributed by atoms with Gasteiger partial charge in [-0.1, -0.05) is 6.42 Å². The summed E-state index contributed by atoms with van der Waals surface area (Å²) >= 11 is 0. The van der Waals surface area contributed by atoms with E-state index in [9.17, 15) is 19.2 Å². The van der Waals surface area contributed by atoms with Gasteiger partial charge in [-0.3, -0.25) is 24.6 Å². The van der Waals surface area contributed by atoms with Crippen molar-refractivity contribution in [3.05, 3.63) is 0 Å². The third-order valence-corrected chi connectivity index (χ3v) is 4.51. The molecule has 0 aromatic heterocycles. The molecular weight excluding hydrogens is 262 g/mol. The van der Waals surface area contributed by atoms with Gasteiger partial charge >= 0.3 is 6.03 Å². The molecule has 0 aromatic rings. The Morgan fingerprint density at radius 3 is 2.30 bits per heavy atom. The smallest absolute Gasteiger partial charge is 0.331 e. The summed E-state index contributed by atoms with van der Waals surface area (Å²) < 4.78 is 0. The first-order valence-corrected chi connectivity index (χ1v) is 7.00. The first kappa shape index (κ1) is 13.1. The van der Waals surface area contributed by atoms with Gasteiger partial charge < -0.3 is 4.90 Å². The van der Waals surface area contributed by atoms with Crippen molar-refractivity contribution in [3.8, 4) is 0 Å². The molecule has 2 saturated heterocycles. The lowest BCUT2D eigenvalue weighted by atomic mass is 9.66. The molecule has 0 bridgehead atoms. The fourth-order valence-corrected chi connectivity index (χ4v) is 3.05. The molecule has 7 heteroatoms. The maximum atomic E-state index is 12.4. The van der Waals surface area contributed by atoms with Crippen LogP contribution in [-0.2, 0) is 14.4 Å². The van der Waals surface area contributed by atoms with Gasteiger partial charge in [0.1, 0.15) is 12.0 Å². The van der Waals surface area contributed by atoms with E-state index in [1.54, 1.807) is 4.90 Å². The predicted molar refractivity (Wildman–Crippen MR) is 67.3 cm³/mol. The molecule has 1 spiro atoms. The van der Waals surface area contributed by atoms with Gasteiger partial charge in [0, 0.05) is 13.1 Å². The van der Waals surface area contributed by atoms with Crippen LogP contribution in [0.5, 0.6) is 0 Å². The number of amides is 5. The van der Waals surface area contributed by atoms with Crippen LogP contribution in [0, 0.1) is 5.41 Å². The molecular formula is C13H17N3O4. The number of likely N-dealkylation sites (tertiary alicyclic amines) is 1. The Labute approximate surface area is 116 Å². The number of rotatable bonds is 2. The molecule has 0 atom stereocenters. The van der Waals surface area contributed by atoms with Crippen LogP contribution in [0.3, 0.4) is 0 Å². The maximum absolute atomic E-state index is 12.4. The number of urea groups is 1. The summed E-state index contributed by atoms with van der Waals surface area (Å²) in [6.07, 6.45) is 3.61. The average molecular weight is 279 g/mol. The second-order valence-corrected chi connectivity index (χ2v) is 5.67. The van der Waals surface area contributed by atoms with Crippen molar-refractivity contribution in [1.29, 1.82) is 0 Å². The first-order valence-electron chi connectivity index (χ1n) is 7.00. The van der Waals surface area contributed by atoms with E-state index >= 15 is 0 Å². The molecule has 0 aromatic carbocycles. The fourth-order valence-electron chi connectivity index (χ4n) is 3.05. The minimum Gasteiger partial charge on any atom is -0.341 e. The number of imide groups is 2. The van der Waals surface area contributed by atoms with Crippen LogP contribution in [0.2, 0.25) is 0 Å².